The Balaban J connectivity index is 1.32. The molecule has 3 N–H and O–H groups in total. The molecule has 0 atom stereocenters. The van der Waals surface area contributed by atoms with Crippen LogP contribution in [0.1, 0.15) is 16.7 Å². The van der Waals surface area contributed by atoms with Crippen LogP contribution in [0.25, 0.3) is 22.2 Å². The van der Waals surface area contributed by atoms with Gasteiger partial charge in [-0.15, -0.1) is 0 Å². The van der Waals surface area contributed by atoms with E-state index < -0.39 is 10.0 Å². The molecule has 0 aliphatic heterocycles. The SMILES string of the molecule is C=CC(=O)N(C)Cc1cccc(-c2cc3cc(Nc4ncc(C)c(NCc5cccnc5N(C)S(C)(=O)=O)n4)ccc3[nH]2)c1. The van der Waals surface area contributed by atoms with Gasteiger partial charge in [-0.25, -0.2) is 18.4 Å². The molecule has 0 radical (unpaired) electrons. The molecule has 0 unspecified atom stereocenters. The summed E-state index contributed by atoms with van der Waals surface area (Å²) in [6.07, 6.45) is 5.74. The molecule has 2 aromatic carbocycles. The van der Waals surface area contributed by atoms with Gasteiger partial charge >= 0.3 is 0 Å². The highest BCUT2D eigenvalue weighted by atomic mass is 32.2. The van der Waals surface area contributed by atoms with Crippen LogP contribution >= 0.6 is 0 Å². The van der Waals surface area contributed by atoms with Crippen molar-refractivity contribution in [1.29, 1.82) is 0 Å². The third-order valence-corrected chi connectivity index (χ3v) is 8.33. The van der Waals surface area contributed by atoms with E-state index in [-0.39, 0.29) is 5.91 Å². The first-order valence-electron chi connectivity index (χ1n) is 13.8. The summed E-state index contributed by atoms with van der Waals surface area (Å²) in [5, 5.41) is 7.59. The standard InChI is InChI=1S/C32H34N8O3S/c1-6-29(41)39(3)20-22-9-7-10-23(15-22)28-17-25-16-26(12-13-27(25)37-28)36-32-35-18-21(2)30(38-32)34-19-24-11-8-14-33-31(24)40(4)44(5,42)43/h6-18,37H,1,19-20H2,2-5H3,(H2,34,35,36,38). The van der Waals surface area contributed by atoms with Crippen LogP contribution in [0.15, 0.2) is 85.7 Å². The van der Waals surface area contributed by atoms with Gasteiger partial charge in [0, 0.05) is 73.0 Å². The lowest BCUT2D eigenvalue weighted by Crippen LogP contribution is -2.27. The summed E-state index contributed by atoms with van der Waals surface area (Å²) in [6.45, 7) is 6.26. The van der Waals surface area contributed by atoms with Gasteiger partial charge in [0.05, 0.1) is 6.26 Å². The van der Waals surface area contributed by atoms with Gasteiger partial charge in [0.15, 0.2) is 0 Å². The quantitative estimate of drug-likeness (QED) is 0.173. The van der Waals surface area contributed by atoms with Crippen LogP contribution in [0.5, 0.6) is 0 Å². The van der Waals surface area contributed by atoms with Crippen LogP contribution in [0.3, 0.4) is 0 Å². The highest BCUT2D eigenvalue weighted by Crippen LogP contribution is 2.28. The molecule has 0 saturated carbocycles. The van der Waals surface area contributed by atoms with Gasteiger partial charge in [-0.2, -0.15) is 4.98 Å². The maximum absolute atomic E-state index is 12.1. The van der Waals surface area contributed by atoms with Gasteiger partial charge < -0.3 is 20.5 Å². The van der Waals surface area contributed by atoms with Gasteiger partial charge in [0.25, 0.3) is 0 Å². The lowest BCUT2D eigenvalue weighted by atomic mass is 10.1. The second-order valence-corrected chi connectivity index (χ2v) is 12.5. The first kappa shape index (κ1) is 30.2. The monoisotopic (exact) mass is 610 g/mol. The largest absolute Gasteiger partial charge is 0.365 e. The van der Waals surface area contributed by atoms with Gasteiger partial charge in [-0.05, 0) is 60.5 Å². The van der Waals surface area contributed by atoms with E-state index in [1.807, 2.05) is 49.4 Å². The zero-order valence-corrected chi connectivity index (χ0v) is 25.8. The molecule has 0 spiro atoms. The molecule has 0 saturated heterocycles. The maximum Gasteiger partial charge on any atom is 0.245 e. The van der Waals surface area contributed by atoms with Crippen LogP contribution in [-0.2, 0) is 27.9 Å². The lowest BCUT2D eigenvalue weighted by molar-refractivity contribution is -0.125. The van der Waals surface area contributed by atoms with Crippen LogP contribution in [-0.4, -0.2) is 59.5 Å². The average molecular weight is 611 g/mol. The molecule has 11 nitrogen and oxygen atoms in total. The highest BCUT2D eigenvalue weighted by molar-refractivity contribution is 7.92. The van der Waals surface area contributed by atoms with Crippen LogP contribution in [0, 0.1) is 6.92 Å². The fourth-order valence-electron chi connectivity index (χ4n) is 4.71. The first-order valence-corrected chi connectivity index (χ1v) is 15.7. The molecule has 5 rings (SSSR count). The molecule has 1 amide bonds. The number of hydrogen-bond acceptors (Lipinski definition) is 8. The van der Waals surface area contributed by atoms with Crippen molar-refractivity contribution >= 4 is 50.1 Å². The average Bonchev–Trinajstić information content (AvgIpc) is 3.44. The fourth-order valence-corrected chi connectivity index (χ4v) is 5.19. The van der Waals surface area contributed by atoms with E-state index >= 15 is 0 Å². The summed E-state index contributed by atoms with van der Waals surface area (Å²) in [5.41, 5.74) is 6.35. The van der Waals surface area contributed by atoms with Crippen molar-refractivity contribution in [2.24, 2.45) is 0 Å². The zero-order valence-electron chi connectivity index (χ0n) is 25.0. The normalized spacial score (nSPS) is 11.3. The summed E-state index contributed by atoms with van der Waals surface area (Å²) in [7, 11) is -0.229. The Kier molecular flexibility index (Phi) is 8.63. The second-order valence-electron chi connectivity index (χ2n) is 10.5. The fraction of sp³-hybridized carbons (Fsp3) is 0.188. The van der Waals surface area contributed by atoms with E-state index in [4.69, 9.17) is 0 Å². The van der Waals surface area contributed by atoms with Crippen LogP contribution in [0.2, 0.25) is 0 Å². The molecule has 5 aromatic rings. The number of carbonyl (C=O) groups excluding carboxylic acids is 1. The third-order valence-electron chi connectivity index (χ3n) is 7.17. The number of nitrogens with zero attached hydrogens (tertiary/aromatic N) is 5. The number of H-pyrrole nitrogens is 1. The topological polar surface area (TPSA) is 136 Å². The number of amides is 1. The number of pyridine rings is 1. The van der Waals surface area contributed by atoms with Crippen molar-refractivity contribution in [3.8, 4) is 11.3 Å². The number of aromatic amines is 1. The number of hydrogen-bond donors (Lipinski definition) is 3. The Labute approximate surface area is 256 Å². The van der Waals surface area contributed by atoms with E-state index in [1.165, 1.54) is 13.1 Å². The first-order chi connectivity index (χ1) is 21.0. The molecule has 0 fully saturated rings. The Morgan fingerprint density at radius 3 is 2.66 bits per heavy atom. The summed E-state index contributed by atoms with van der Waals surface area (Å²) < 4.78 is 25.3. The van der Waals surface area contributed by atoms with E-state index in [0.717, 1.165) is 49.5 Å². The van der Waals surface area contributed by atoms with Crippen molar-refractivity contribution in [3.05, 3.63) is 102 Å². The molecular formula is C32H34N8O3S. The van der Waals surface area contributed by atoms with Gasteiger partial charge in [0.2, 0.25) is 21.9 Å². The Morgan fingerprint density at radius 1 is 1.07 bits per heavy atom. The van der Waals surface area contributed by atoms with Crippen molar-refractivity contribution < 1.29 is 13.2 Å². The van der Waals surface area contributed by atoms with E-state index in [9.17, 15) is 13.2 Å². The number of fused-ring (bicyclic) bond motifs is 1. The van der Waals surface area contributed by atoms with Crippen molar-refractivity contribution in [2.45, 2.75) is 20.0 Å². The van der Waals surface area contributed by atoms with Crippen molar-refractivity contribution in [2.75, 3.05) is 35.3 Å². The Bertz CT molecular complexity index is 1950. The minimum absolute atomic E-state index is 0.124. The van der Waals surface area contributed by atoms with Crippen LogP contribution in [0.4, 0.5) is 23.3 Å². The van der Waals surface area contributed by atoms with E-state index in [0.29, 0.717) is 36.2 Å². The minimum Gasteiger partial charge on any atom is -0.365 e. The maximum atomic E-state index is 12.1. The minimum atomic E-state index is -3.46. The van der Waals surface area contributed by atoms with Crippen molar-refractivity contribution in [1.82, 2.24) is 24.8 Å². The predicted molar refractivity (Wildman–Crippen MR) is 175 cm³/mol. The number of sulfonamides is 1. The lowest BCUT2D eigenvalue weighted by Gasteiger charge is -2.19. The predicted octanol–water partition coefficient (Wildman–Crippen LogP) is 5.22. The molecule has 44 heavy (non-hydrogen) atoms. The molecule has 0 aliphatic carbocycles. The molecular weight excluding hydrogens is 576 g/mol. The number of aryl methyl sites for hydroxylation is 1. The van der Waals surface area contributed by atoms with Crippen molar-refractivity contribution in [3.63, 3.8) is 0 Å². The molecule has 3 aromatic heterocycles. The second kappa shape index (κ2) is 12.6. The summed E-state index contributed by atoms with van der Waals surface area (Å²) in [4.78, 5) is 30.4. The third kappa shape index (κ3) is 6.87. The summed E-state index contributed by atoms with van der Waals surface area (Å²) >= 11 is 0. The highest BCUT2D eigenvalue weighted by Gasteiger charge is 2.17. The van der Waals surface area contributed by atoms with Gasteiger partial charge in [0.1, 0.15) is 11.6 Å². The van der Waals surface area contributed by atoms with E-state index in [2.05, 4.69) is 49.3 Å². The number of anilines is 4. The molecule has 0 aliphatic rings. The van der Waals surface area contributed by atoms with Gasteiger partial charge in [-0.1, -0.05) is 30.8 Å². The van der Waals surface area contributed by atoms with Crippen LogP contribution < -0.4 is 14.9 Å². The van der Waals surface area contributed by atoms with E-state index in [1.54, 1.807) is 30.4 Å². The van der Waals surface area contributed by atoms with Gasteiger partial charge in [-0.3, -0.25) is 9.10 Å². The number of likely N-dealkylation sites (N-methyl/N-ethyl adjacent to an activating group) is 1. The smallest absolute Gasteiger partial charge is 0.245 e. The molecule has 3 heterocycles. The number of aromatic nitrogens is 4. The molecule has 12 heteroatoms. The molecule has 226 valence electrons. The number of rotatable bonds is 11. The zero-order chi connectivity index (χ0) is 31.4. The summed E-state index contributed by atoms with van der Waals surface area (Å²) in [5.74, 6) is 1.26. The summed E-state index contributed by atoms with van der Waals surface area (Å²) in [6, 6.07) is 19.7. The molecule has 0 bridgehead atoms. The Hall–Kier alpha value is -5.23. The Morgan fingerprint density at radius 2 is 1.89 bits per heavy atom. The number of carbonyl (C=O) groups is 1. The number of nitrogens with one attached hydrogen (secondary N) is 3. The number of benzene rings is 2.